The van der Waals surface area contributed by atoms with E-state index in [2.05, 4.69) is 4.98 Å². The highest BCUT2D eigenvalue weighted by molar-refractivity contribution is 8.01. The summed E-state index contributed by atoms with van der Waals surface area (Å²) < 4.78 is 1.80. The number of carboxylic acids is 2. The van der Waals surface area contributed by atoms with E-state index in [1.54, 1.807) is 0 Å². The molecule has 2 rings (SSSR count). The Morgan fingerprint density at radius 3 is 2.60 bits per heavy atom. The smallest absolute Gasteiger partial charge is 0.307 e. The quantitative estimate of drug-likeness (QED) is 0.700. The van der Waals surface area contributed by atoms with E-state index in [9.17, 15) is 9.59 Å². The molecule has 6 nitrogen and oxygen atoms in total. The Balaban J connectivity index is 0.00000200. The number of para-hydroxylation sites is 1. The molecule has 0 aliphatic heterocycles. The topological polar surface area (TPSA) is 122 Å². The van der Waals surface area contributed by atoms with Gasteiger partial charge in [0.2, 0.25) is 0 Å². The van der Waals surface area contributed by atoms with Crippen LogP contribution in [-0.4, -0.2) is 32.9 Å². The summed E-state index contributed by atoms with van der Waals surface area (Å²) in [6.45, 7) is 0. The number of fused-ring (bicyclic) bond motifs is 1. The van der Waals surface area contributed by atoms with Crippen molar-refractivity contribution in [3.05, 3.63) is 24.3 Å². The predicted molar refractivity (Wildman–Crippen MR) is 78.7 cm³/mol. The number of carboxylic acid groups (broad SMARTS) is 2. The summed E-state index contributed by atoms with van der Waals surface area (Å²) in [4.78, 5) is 25.9. The normalized spacial score (nSPS) is 11.8. The van der Waals surface area contributed by atoms with E-state index in [4.69, 9.17) is 10.2 Å². The average molecular weight is 314 g/mol. The Labute approximate surface area is 123 Å². The zero-order chi connectivity index (χ0) is 13.8. The number of hydrogen-bond acceptors (Lipinski definition) is 6. The lowest BCUT2D eigenvalue weighted by Gasteiger charge is -2.07. The molecule has 0 radical (unpaired) electrons. The zero-order valence-corrected chi connectivity index (χ0v) is 12.1. The fourth-order valence-corrected chi connectivity index (χ4v) is 3.69. The minimum Gasteiger partial charge on any atom is -0.481 e. The number of carbonyl (C=O) groups is 2. The van der Waals surface area contributed by atoms with Gasteiger partial charge < -0.3 is 16.4 Å². The first-order chi connectivity index (χ1) is 9.06. The fourth-order valence-electron chi connectivity index (χ4n) is 1.51. The van der Waals surface area contributed by atoms with E-state index in [-0.39, 0.29) is 18.3 Å². The molecule has 0 saturated carbocycles. The third-order valence-corrected chi connectivity index (χ3v) is 4.79. The number of aromatic nitrogens is 1. The summed E-state index contributed by atoms with van der Waals surface area (Å²) in [5, 5.41) is 17.6. The van der Waals surface area contributed by atoms with Crippen molar-refractivity contribution in [3.63, 3.8) is 0 Å². The Bertz CT molecular complexity index is 581. The molecule has 1 unspecified atom stereocenters. The maximum atomic E-state index is 10.9. The fraction of sp³-hybridized carbons (Fsp3) is 0.250. The van der Waals surface area contributed by atoms with Crippen molar-refractivity contribution in [2.24, 2.45) is 5.92 Å². The van der Waals surface area contributed by atoms with Gasteiger partial charge in [0.05, 0.1) is 22.6 Å². The Kier molecular flexibility index (Phi) is 5.93. The first kappa shape index (κ1) is 16.4. The molecular formula is C12H14N2O4S2. The van der Waals surface area contributed by atoms with E-state index < -0.39 is 17.9 Å². The maximum Gasteiger partial charge on any atom is 0.307 e. The van der Waals surface area contributed by atoms with Crippen LogP contribution in [0.25, 0.3) is 10.2 Å². The van der Waals surface area contributed by atoms with Crippen molar-refractivity contribution < 1.29 is 19.8 Å². The lowest BCUT2D eigenvalue weighted by molar-refractivity contribution is -0.147. The second-order valence-corrected chi connectivity index (χ2v) is 6.19. The van der Waals surface area contributed by atoms with Gasteiger partial charge in [0.25, 0.3) is 0 Å². The number of nitrogens with zero attached hydrogens (tertiary/aromatic N) is 1. The van der Waals surface area contributed by atoms with Gasteiger partial charge in [-0.05, 0) is 12.1 Å². The largest absolute Gasteiger partial charge is 0.481 e. The first-order valence-electron chi connectivity index (χ1n) is 5.49. The van der Waals surface area contributed by atoms with Gasteiger partial charge in [0, 0.05) is 5.75 Å². The van der Waals surface area contributed by atoms with Crippen LogP contribution in [0.5, 0.6) is 0 Å². The van der Waals surface area contributed by atoms with E-state index in [0.717, 1.165) is 14.6 Å². The van der Waals surface area contributed by atoms with Crippen molar-refractivity contribution >= 4 is 45.3 Å². The van der Waals surface area contributed by atoms with Gasteiger partial charge >= 0.3 is 11.9 Å². The summed E-state index contributed by atoms with van der Waals surface area (Å²) >= 11 is 2.77. The highest BCUT2D eigenvalue weighted by atomic mass is 32.2. The van der Waals surface area contributed by atoms with Crippen LogP contribution in [0.4, 0.5) is 0 Å². The minimum absolute atomic E-state index is 0. The third-order valence-electron chi connectivity index (χ3n) is 2.45. The molecule has 1 heterocycles. The van der Waals surface area contributed by atoms with Gasteiger partial charge in [-0.15, -0.1) is 11.3 Å². The maximum absolute atomic E-state index is 10.9. The Morgan fingerprint density at radius 1 is 1.30 bits per heavy atom. The monoisotopic (exact) mass is 314 g/mol. The molecule has 0 fully saturated rings. The Hall–Kier alpha value is -1.64. The average Bonchev–Trinajstić information content (AvgIpc) is 2.76. The highest BCUT2D eigenvalue weighted by Crippen LogP contribution is 2.30. The van der Waals surface area contributed by atoms with Crippen molar-refractivity contribution in [1.29, 1.82) is 0 Å². The summed E-state index contributed by atoms with van der Waals surface area (Å²) in [5.41, 5.74) is 0.875. The molecule has 1 aromatic heterocycles. The molecule has 1 aromatic carbocycles. The molecular weight excluding hydrogens is 300 g/mol. The molecule has 0 aliphatic carbocycles. The van der Waals surface area contributed by atoms with Gasteiger partial charge in [-0.25, -0.2) is 4.98 Å². The van der Waals surface area contributed by atoms with E-state index in [0.29, 0.717) is 0 Å². The second kappa shape index (κ2) is 7.22. The highest BCUT2D eigenvalue weighted by Gasteiger charge is 2.21. The molecule has 0 bridgehead atoms. The molecule has 20 heavy (non-hydrogen) atoms. The molecule has 0 saturated heterocycles. The molecule has 5 N–H and O–H groups in total. The van der Waals surface area contributed by atoms with E-state index in [1.807, 2.05) is 24.3 Å². The van der Waals surface area contributed by atoms with Gasteiger partial charge in [0.15, 0.2) is 4.34 Å². The van der Waals surface area contributed by atoms with Crippen LogP contribution in [0.3, 0.4) is 0 Å². The zero-order valence-electron chi connectivity index (χ0n) is 10.5. The van der Waals surface area contributed by atoms with Crippen LogP contribution in [0, 0.1) is 5.92 Å². The van der Waals surface area contributed by atoms with Gasteiger partial charge in [-0.3, -0.25) is 9.59 Å². The van der Waals surface area contributed by atoms with Crippen molar-refractivity contribution in [1.82, 2.24) is 11.1 Å². The standard InChI is InChI=1S/C12H11NO4S2.H3N/c14-10(15)5-7(11(16)17)6-18-12-13-8-3-1-2-4-9(8)19-12;/h1-4,7H,5-6H2,(H,14,15)(H,16,17);1H3. The summed E-state index contributed by atoms with van der Waals surface area (Å²) in [6, 6.07) is 7.64. The molecule has 1 atom stereocenters. The number of aliphatic carboxylic acids is 2. The molecule has 8 heteroatoms. The summed E-state index contributed by atoms with van der Waals surface area (Å²) in [6.07, 6.45) is -0.368. The SMILES string of the molecule is N.O=C(O)CC(CSc1nc2ccccc2s1)C(=O)O. The van der Waals surface area contributed by atoms with Gasteiger partial charge in [-0.2, -0.15) is 0 Å². The van der Waals surface area contributed by atoms with E-state index in [1.165, 1.54) is 23.1 Å². The number of thioether (sulfide) groups is 1. The van der Waals surface area contributed by atoms with Crippen LogP contribution in [0.2, 0.25) is 0 Å². The van der Waals surface area contributed by atoms with Crippen LogP contribution in [0.1, 0.15) is 6.42 Å². The lowest BCUT2D eigenvalue weighted by Crippen LogP contribution is -2.19. The van der Waals surface area contributed by atoms with Gasteiger partial charge in [-0.1, -0.05) is 23.9 Å². The molecule has 0 aliphatic rings. The number of thiazole rings is 1. The first-order valence-corrected chi connectivity index (χ1v) is 7.29. The van der Waals surface area contributed by atoms with Crippen LogP contribution in [-0.2, 0) is 9.59 Å². The van der Waals surface area contributed by atoms with Crippen LogP contribution < -0.4 is 6.15 Å². The molecule has 2 aromatic rings. The molecule has 0 amide bonds. The van der Waals surface area contributed by atoms with Crippen molar-refractivity contribution in [2.45, 2.75) is 10.8 Å². The van der Waals surface area contributed by atoms with Crippen molar-refractivity contribution in [2.75, 3.05) is 5.75 Å². The Morgan fingerprint density at radius 2 is 2.00 bits per heavy atom. The van der Waals surface area contributed by atoms with Gasteiger partial charge in [0.1, 0.15) is 0 Å². The number of benzene rings is 1. The molecule has 108 valence electrons. The van der Waals surface area contributed by atoms with Crippen LogP contribution in [0.15, 0.2) is 28.6 Å². The minimum atomic E-state index is -1.10. The number of hydrogen-bond donors (Lipinski definition) is 3. The van der Waals surface area contributed by atoms with Crippen LogP contribution >= 0.6 is 23.1 Å². The second-order valence-electron chi connectivity index (χ2n) is 3.89. The number of rotatable bonds is 6. The summed E-state index contributed by atoms with van der Waals surface area (Å²) in [5.74, 6) is -2.87. The molecule has 0 spiro atoms. The summed E-state index contributed by atoms with van der Waals surface area (Å²) in [7, 11) is 0. The lowest BCUT2D eigenvalue weighted by atomic mass is 10.1. The van der Waals surface area contributed by atoms with E-state index >= 15 is 0 Å². The predicted octanol–water partition coefficient (Wildman–Crippen LogP) is 2.73. The third kappa shape index (κ3) is 4.19. The van der Waals surface area contributed by atoms with Crippen molar-refractivity contribution in [3.8, 4) is 0 Å².